The van der Waals surface area contributed by atoms with Crippen LogP contribution in [0.1, 0.15) is 0 Å². The van der Waals surface area contributed by atoms with Gasteiger partial charge in [0.05, 0.1) is 6.61 Å². The predicted molar refractivity (Wildman–Crippen MR) is 55.9 cm³/mol. The monoisotopic (exact) mass is 206 g/mol. The molecule has 0 aromatic carbocycles. The molecule has 0 bridgehead atoms. The van der Waals surface area contributed by atoms with Gasteiger partial charge in [-0.15, -0.1) is 0 Å². The predicted octanol–water partition coefficient (Wildman–Crippen LogP) is -0.218. The highest BCUT2D eigenvalue weighted by Gasteiger charge is 2.16. The van der Waals surface area contributed by atoms with Gasteiger partial charge in [-0.25, -0.2) is 0 Å². The molecular weight excluding hydrogens is 188 g/mol. The molecular formula is C8H18N2O2S. The van der Waals surface area contributed by atoms with Gasteiger partial charge in [0, 0.05) is 26.5 Å². The summed E-state index contributed by atoms with van der Waals surface area (Å²) in [5.74, 6) is 0.873. The number of methoxy groups -OCH3 is 1. The molecule has 5 heteroatoms. The zero-order valence-electron chi connectivity index (χ0n) is 8.45. The Bertz CT molecular complexity index is 155. The normalized spacial score (nSPS) is 12.6. The van der Waals surface area contributed by atoms with Crippen LogP contribution in [-0.2, 0) is 9.53 Å². The van der Waals surface area contributed by atoms with Crippen LogP contribution >= 0.6 is 11.8 Å². The Balaban J connectivity index is 3.79. The van der Waals surface area contributed by atoms with E-state index in [9.17, 15) is 4.79 Å². The average molecular weight is 206 g/mol. The first-order chi connectivity index (χ1) is 6.13. The Morgan fingerprint density at radius 3 is 2.77 bits per heavy atom. The number of amides is 1. The number of rotatable bonds is 6. The number of nitrogens with zero attached hydrogens (tertiary/aromatic N) is 1. The van der Waals surface area contributed by atoms with Crippen LogP contribution in [0.5, 0.6) is 0 Å². The van der Waals surface area contributed by atoms with Gasteiger partial charge in [0.25, 0.3) is 0 Å². The Morgan fingerprint density at radius 1 is 1.69 bits per heavy atom. The summed E-state index contributed by atoms with van der Waals surface area (Å²) in [5.41, 5.74) is 5.58. The number of ether oxygens (including phenoxy) is 1. The molecule has 1 atom stereocenters. The van der Waals surface area contributed by atoms with E-state index in [0.29, 0.717) is 0 Å². The molecule has 0 aliphatic rings. The second-order valence-corrected chi connectivity index (χ2v) is 3.80. The molecule has 0 aromatic rings. The first-order valence-electron chi connectivity index (χ1n) is 4.12. The first-order valence-corrected chi connectivity index (χ1v) is 5.51. The third-order valence-electron chi connectivity index (χ3n) is 1.67. The smallest absolute Gasteiger partial charge is 0.241 e. The molecule has 0 rings (SSSR count). The quantitative estimate of drug-likeness (QED) is 0.653. The zero-order chi connectivity index (χ0) is 10.3. The largest absolute Gasteiger partial charge is 0.383 e. The van der Waals surface area contributed by atoms with E-state index in [0.717, 1.165) is 12.3 Å². The fraction of sp³-hybridized carbons (Fsp3) is 0.875. The maximum Gasteiger partial charge on any atom is 0.241 e. The minimum atomic E-state index is -0.531. The summed E-state index contributed by atoms with van der Waals surface area (Å²) in [5, 5.41) is 0. The maximum atomic E-state index is 11.5. The van der Waals surface area contributed by atoms with Crippen LogP contribution in [-0.4, -0.2) is 56.2 Å². The van der Waals surface area contributed by atoms with Crippen molar-refractivity contribution in [2.75, 3.05) is 39.3 Å². The third kappa shape index (κ3) is 5.13. The summed E-state index contributed by atoms with van der Waals surface area (Å²) in [6.07, 6.45) is 2.01. The molecule has 0 fully saturated rings. The van der Waals surface area contributed by atoms with Gasteiger partial charge in [0.2, 0.25) is 5.91 Å². The number of likely N-dealkylation sites (N-methyl/N-ethyl adjacent to an activating group) is 1. The summed E-state index contributed by atoms with van der Waals surface area (Å²) in [7, 11) is 3.29. The highest BCUT2D eigenvalue weighted by molar-refractivity contribution is 7.98. The van der Waals surface area contributed by atoms with Crippen LogP contribution in [0.2, 0.25) is 0 Å². The highest BCUT2D eigenvalue weighted by atomic mass is 32.2. The second kappa shape index (κ2) is 7.17. The maximum absolute atomic E-state index is 11.5. The van der Waals surface area contributed by atoms with Crippen molar-refractivity contribution in [1.82, 2.24) is 4.90 Å². The summed E-state index contributed by atoms with van der Waals surface area (Å²) in [6.45, 7) is 1.01. The van der Waals surface area contributed by atoms with Gasteiger partial charge in [0.15, 0.2) is 0 Å². The first kappa shape index (κ1) is 12.7. The van der Waals surface area contributed by atoms with E-state index < -0.39 is 6.04 Å². The van der Waals surface area contributed by atoms with Crippen molar-refractivity contribution in [3.8, 4) is 0 Å². The molecule has 78 valence electrons. The van der Waals surface area contributed by atoms with Crippen molar-refractivity contribution < 1.29 is 9.53 Å². The molecule has 1 amide bonds. The summed E-state index contributed by atoms with van der Waals surface area (Å²) in [4.78, 5) is 13.1. The number of hydrogen-bond acceptors (Lipinski definition) is 4. The van der Waals surface area contributed by atoms with Crippen molar-refractivity contribution in [2.45, 2.75) is 6.04 Å². The number of nitrogens with two attached hydrogens (primary N) is 1. The van der Waals surface area contributed by atoms with Crippen LogP contribution in [0, 0.1) is 0 Å². The molecule has 0 saturated carbocycles. The molecule has 0 heterocycles. The lowest BCUT2D eigenvalue weighted by atomic mass is 10.3. The topological polar surface area (TPSA) is 55.6 Å². The minimum absolute atomic E-state index is 0.0594. The van der Waals surface area contributed by atoms with Gasteiger partial charge in [-0.1, -0.05) is 0 Å². The van der Waals surface area contributed by atoms with Crippen molar-refractivity contribution in [3.05, 3.63) is 0 Å². The van der Waals surface area contributed by atoms with E-state index in [1.807, 2.05) is 6.26 Å². The molecule has 0 spiro atoms. The highest BCUT2D eigenvalue weighted by Crippen LogP contribution is 1.95. The lowest BCUT2D eigenvalue weighted by Crippen LogP contribution is -2.45. The van der Waals surface area contributed by atoms with Crippen LogP contribution in [0.15, 0.2) is 0 Å². The van der Waals surface area contributed by atoms with Gasteiger partial charge < -0.3 is 15.4 Å². The Hall–Kier alpha value is -0.260. The van der Waals surface area contributed by atoms with Crippen molar-refractivity contribution >= 4 is 17.7 Å². The molecule has 0 radical (unpaired) electrons. The van der Waals surface area contributed by atoms with Gasteiger partial charge in [-0.05, 0) is 6.26 Å². The van der Waals surface area contributed by atoms with Gasteiger partial charge in [-0.3, -0.25) is 4.79 Å². The van der Waals surface area contributed by atoms with E-state index in [-0.39, 0.29) is 12.5 Å². The van der Waals surface area contributed by atoms with Crippen LogP contribution < -0.4 is 5.73 Å². The van der Waals surface area contributed by atoms with E-state index in [4.69, 9.17) is 10.5 Å². The molecule has 0 aromatic heterocycles. The molecule has 2 N–H and O–H groups in total. The second-order valence-electron chi connectivity index (χ2n) is 2.81. The summed E-state index contributed by atoms with van der Waals surface area (Å²) < 4.78 is 4.80. The number of hydrogen-bond donors (Lipinski definition) is 1. The SMILES string of the molecule is COCC(N)C(=O)N(C)CCSC. The molecule has 0 aliphatic carbocycles. The van der Waals surface area contributed by atoms with Crippen molar-refractivity contribution in [3.63, 3.8) is 0 Å². The van der Waals surface area contributed by atoms with Gasteiger partial charge in [0.1, 0.15) is 6.04 Å². The lowest BCUT2D eigenvalue weighted by molar-refractivity contribution is -0.132. The molecule has 0 aliphatic heterocycles. The number of thioether (sulfide) groups is 1. The standard InChI is InChI=1S/C8H18N2O2S/c1-10(4-5-13-3)8(11)7(9)6-12-2/h7H,4-6,9H2,1-3H3. The van der Waals surface area contributed by atoms with E-state index in [1.165, 1.54) is 7.11 Å². The van der Waals surface area contributed by atoms with Crippen LogP contribution in [0.25, 0.3) is 0 Å². The Kier molecular flexibility index (Phi) is 7.03. The number of carbonyl (C=O) groups excluding carboxylic acids is 1. The van der Waals surface area contributed by atoms with Crippen LogP contribution in [0.4, 0.5) is 0 Å². The third-order valence-corrected chi connectivity index (χ3v) is 2.26. The molecule has 0 saturated heterocycles. The minimum Gasteiger partial charge on any atom is -0.383 e. The zero-order valence-corrected chi connectivity index (χ0v) is 9.26. The average Bonchev–Trinajstić information content (AvgIpc) is 2.13. The van der Waals surface area contributed by atoms with E-state index >= 15 is 0 Å². The van der Waals surface area contributed by atoms with Crippen molar-refractivity contribution in [2.24, 2.45) is 5.73 Å². The fourth-order valence-corrected chi connectivity index (χ4v) is 1.33. The summed E-state index contributed by atoms with van der Waals surface area (Å²) >= 11 is 1.71. The Labute approximate surface area is 83.8 Å². The fourth-order valence-electron chi connectivity index (χ4n) is 0.872. The van der Waals surface area contributed by atoms with E-state index in [1.54, 1.807) is 23.7 Å². The van der Waals surface area contributed by atoms with Gasteiger partial charge >= 0.3 is 0 Å². The molecule has 13 heavy (non-hydrogen) atoms. The van der Waals surface area contributed by atoms with Gasteiger partial charge in [-0.2, -0.15) is 11.8 Å². The van der Waals surface area contributed by atoms with Crippen LogP contribution in [0.3, 0.4) is 0 Å². The lowest BCUT2D eigenvalue weighted by Gasteiger charge is -2.20. The van der Waals surface area contributed by atoms with Crippen molar-refractivity contribution in [1.29, 1.82) is 0 Å². The number of carbonyl (C=O) groups is 1. The Morgan fingerprint density at radius 2 is 2.31 bits per heavy atom. The molecule has 1 unspecified atom stereocenters. The molecule has 4 nitrogen and oxygen atoms in total. The summed E-state index contributed by atoms with van der Waals surface area (Å²) in [6, 6.07) is -0.531. The van der Waals surface area contributed by atoms with E-state index in [2.05, 4.69) is 0 Å².